The van der Waals surface area contributed by atoms with Crippen molar-refractivity contribution < 1.29 is 14.3 Å². The van der Waals surface area contributed by atoms with Gasteiger partial charge in [-0.3, -0.25) is 4.79 Å². The van der Waals surface area contributed by atoms with Crippen LogP contribution in [0.1, 0.15) is 29.6 Å². The van der Waals surface area contributed by atoms with Crippen molar-refractivity contribution in [3.05, 3.63) is 48.0 Å². The van der Waals surface area contributed by atoms with E-state index in [-0.39, 0.29) is 17.4 Å². The highest BCUT2D eigenvalue weighted by Gasteiger charge is 2.47. The molecule has 25 heavy (non-hydrogen) atoms. The SMILES string of the molecule is COCC12CCCOC1CCN(C(=O)c1cccc3ccccc13)C2. The molecule has 4 nitrogen and oxygen atoms in total. The van der Waals surface area contributed by atoms with Gasteiger partial charge >= 0.3 is 0 Å². The van der Waals surface area contributed by atoms with Gasteiger partial charge in [-0.15, -0.1) is 0 Å². The highest BCUT2D eigenvalue weighted by molar-refractivity contribution is 6.07. The number of piperidine rings is 1. The topological polar surface area (TPSA) is 38.8 Å². The first-order valence-electron chi connectivity index (χ1n) is 9.11. The molecule has 132 valence electrons. The molecule has 0 aliphatic carbocycles. The normalized spacial score (nSPS) is 26.4. The zero-order chi connectivity index (χ0) is 17.3. The summed E-state index contributed by atoms with van der Waals surface area (Å²) in [5.41, 5.74) is 0.728. The number of methoxy groups -OCH3 is 1. The van der Waals surface area contributed by atoms with Gasteiger partial charge in [0.2, 0.25) is 0 Å². The second-order valence-corrected chi connectivity index (χ2v) is 7.30. The van der Waals surface area contributed by atoms with Gasteiger partial charge in [-0.2, -0.15) is 0 Å². The van der Waals surface area contributed by atoms with E-state index in [2.05, 4.69) is 12.1 Å². The Hall–Kier alpha value is -1.91. The molecule has 1 amide bonds. The zero-order valence-electron chi connectivity index (χ0n) is 14.7. The maximum atomic E-state index is 13.3. The minimum absolute atomic E-state index is 0.0640. The largest absolute Gasteiger partial charge is 0.384 e. The monoisotopic (exact) mass is 339 g/mol. The number of hydrogen-bond donors (Lipinski definition) is 0. The fraction of sp³-hybridized carbons (Fsp3) is 0.476. The van der Waals surface area contributed by atoms with Crippen LogP contribution in [0.4, 0.5) is 0 Å². The van der Waals surface area contributed by atoms with Crippen molar-refractivity contribution in [3.8, 4) is 0 Å². The number of nitrogens with zero attached hydrogens (tertiary/aromatic N) is 1. The van der Waals surface area contributed by atoms with E-state index >= 15 is 0 Å². The van der Waals surface area contributed by atoms with Crippen LogP contribution in [0.2, 0.25) is 0 Å². The Morgan fingerprint density at radius 2 is 2.12 bits per heavy atom. The molecule has 2 atom stereocenters. The Morgan fingerprint density at radius 1 is 1.28 bits per heavy atom. The molecule has 2 heterocycles. The minimum atomic E-state index is -0.0640. The second-order valence-electron chi connectivity index (χ2n) is 7.30. The molecular weight excluding hydrogens is 314 g/mol. The number of amides is 1. The molecule has 4 heteroatoms. The average Bonchev–Trinajstić information content (AvgIpc) is 2.66. The van der Waals surface area contributed by atoms with Gasteiger partial charge in [0.05, 0.1) is 12.7 Å². The maximum Gasteiger partial charge on any atom is 0.254 e. The Kier molecular flexibility index (Phi) is 4.48. The lowest BCUT2D eigenvalue weighted by Crippen LogP contribution is -2.58. The summed E-state index contributed by atoms with van der Waals surface area (Å²) in [6, 6.07) is 14.1. The van der Waals surface area contributed by atoms with E-state index in [4.69, 9.17) is 9.47 Å². The Labute approximate surface area is 148 Å². The van der Waals surface area contributed by atoms with Gasteiger partial charge in [0.25, 0.3) is 5.91 Å². The first-order valence-corrected chi connectivity index (χ1v) is 9.11. The van der Waals surface area contributed by atoms with Crippen LogP contribution < -0.4 is 0 Å². The Bertz CT molecular complexity index is 765. The van der Waals surface area contributed by atoms with Crippen molar-refractivity contribution in [3.63, 3.8) is 0 Å². The summed E-state index contributed by atoms with van der Waals surface area (Å²) in [7, 11) is 1.74. The number of fused-ring (bicyclic) bond motifs is 2. The zero-order valence-corrected chi connectivity index (χ0v) is 14.7. The Balaban J connectivity index is 1.64. The van der Waals surface area contributed by atoms with Crippen LogP contribution in [0.25, 0.3) is 10.8 Å². The molecule has 0 saturated carbocycles. The fourth-order valence-corrected chi connectivity index (χ4v) is 4.54. The highest BCUT2D eigenvalue weighted by atomic mass is 16.5. The van der Waals surface area contributed by atoms with Crippen LogP contribution in [0, 0.1) is 5.41 Å². The quantitative estimate of drug-likeness (QED) is 0.859. The second kappa shape index (κ2) is 6.77. The first kappa shape index (κ1) is 16.6. The van der Waals surface area contributed by atoms with Crippen molar-refractivity contribution in [1.29, 1.82) is 0 Å². The third-order valence-electron chi connectivity index (χ3n) is 5.73. The lowest BCUT2D eigenvalue weighted by molar-refractivity contribution is -0.142. The summed E-state index contributed by atoms with van der Waals surface area (Å²) < 4.78 is 11.6. The smallest absolute Gasteiger partial charge is 0.254 e. The van der Waals surface area contributed by atoms with Gasteiger partial charge in [-0.25, -0.2) is 0 Å². The van der Waals surface area contributed by atoms with E-state index < -0.39 is 0 Å². The summed E-state index contributed by atoms with van der Waals surface area (Å²) in [6.45, 7) is 2.94. The standard InChI is InChI=1S/C21H25NO3/c1-24-15-21-11-5-13-25-19(21)10-12-22(14-21)20(23)18-9-4-7-16-6-2-3-8-17(16)18/h2-4,6-9,19H,5,10-15H2,1H3. The third kappa shape index (κ3) is 2.94. The molecule has 2 fully saturated rings. The molecule has 2 unspecified atom stereocenters. The number of carbonyl (C=O) groups excluding carboxylic acids is 1. The van der Waals surface area contributed by atoms with Gasteiger partial charge in [0.15, 0.2) is 0 Å². The highest BCUT2D eigenvalue weighted by Crippen LogP contribution is 2.41. The molecular formula is C21H25NO3. The number of likely N-dealkylation sites (tertiary alicyclic amines) is 1. The summed E-state index contributed by atoms with van der Waals surface area (Å²) in [4.78, 5) is 15.3. The van der Waals surface area contributed by atoms with Crippen LogP contribution in [-0.4, -0.2) is 50.3 Å². The molecule has 2 aromatic carbocycles. The van der Waals surface area contributed by atoms with E-state index in [0.29, 0.717) is 13.2 Å². The molecule has 2 aliphatic heterocycles. The lowest BCUT2D eigenvalue weighted by Gasteiger charge is -2.50. The Morgan fingerprint density at radius 3 is 3.00 bits per heavy atom. The molecule has 0 bridgehead atoms. The molecule has 0 aromatic heterocycles. The minimum Gasteiger partial charge on any atom is -0.384 e. The fourth-order valence-electron chi connectivity index (χ4n) is 4.54. The number of hydrogen-bond acceptors (Lipinski definition) is 3. The number of benzene rings is 2. The molecule has 0 radical (unpaired) electrons. The molecule has 0 spiro atoms. The maximum absolute atomic E-state index is 13.3. The number of ether oxygens (including phenoxy) is 2. The number of carbonyl (C=O) groups is 1. The number of rotatable bonds is 3. The van der Waals surface area contributed by atoms with E-state index in [0.717, 1.165) is 48.8 Å². The van der Waals surface area contributed by atoms with Gasteiger partial charge < -0.3 is 14.4 Å². The molecule has 2 saturated heterocycles. The third-order valence-corrected chi connectivity index (χ3v) is 5.73. The van der Waals surface area contributed by atoms with Crippen LogP contribution >= 0.6 is 0 Å². The van der Waals surface area contributed by atoms with Crippen molar-refractivity contribution in [2.75, 3.05) is 33.4 Å². The lowest BCUT2D eigenvalue weighted by atomic mass is 9.73. The predicted octanol–water partition coefficient (Wildman–Crippen LogP) is 3.50. The predicted molar refractivity (Wildman–Crippen MR) is 97.8 cm³/mol. The molecule has 4 rings (SSSR count). The van der Waals surface area contributed by atoms with Crippen LogP contribution in [0.15, 0.2) is 42.5 Å². The van der Waals surface area contributed by atoms with Crippen LogP contribution in [0.5, 0.6) is 0 Å². The first-order chi connectivity index (χ1) is 12.2. The molecule has 2 aromatic rings. The molecule has 2 aliphatic rings. The van der Waals surface area contributed by atoms with Crippen molar-refractivity contribution >= 4 is 16.7 Å². The van der Waals surface area contributed by atoms with E-state index in [1.165, 1.54) is 0 Å². The van der Waals surface area contributed by atoms with Gasteiger partial charge in [-0.1, -0.05) is 36.4 Å². The van der Waals surface area contributed by atoms with Crippen molar-refractivity contribution in [1.82, 2.24) is 4.90 Å². The summed E-state index contributed by atoms with van der Waals surface area (Å²) in [5, 5.41) is 2.13. The van der Waals surface area contributed by atoms with E-state index in [9.17, 15) is 4.79 Å². The average molecular weight is 339 g/mol. The summed E-state index contributed by atoms with van der Waals surface area (Å²) in [6.07, 6.45) is 3.19. The van der Waals surface area contributed by atoms with Gasteiger partial charge in [0, 0.05) is 37.8 Å². The summed E-state index contributed by atoms with van der Waals surface area (Å²) in [5.74, 6) is 0.122. The molecule has 0 N–H and O–H groups in total. The van der Waals surface area contributed by atoms with E-state index in [1.807, 2.05) is 35.2 Å². The van der Waals surface area contributed by atoms with Crippen LogP contribution in [0.3, 0.4) is 0 Å². The summed E-state index contributed by atoms with van der Waals surface area (Å²) >= 11 is 0. The van der Waals surface area contributed by atoms with Crippen molar-refractivity contribution in [2.24, 2.45) is 5.41 Å². The van der Waals surface area contributed by atoms with Gasteiger partial charge in [-0.05, 0) is 36.1 Å². The van der Waals surface area contributed by atoms with E-state index in [1.54, 1.807) is 7.11 Å². The van der Waals surface area contributed by atoms with Crippen LogP contribution in [-0.2, 0) is 9.47 Å². The van der Waals surface area contributed by atoms with Gasteiger partial charge in [0.1, 0.15) is 0 Å². The van der Waals surface area contributed by atoms with Crippen molar-refractivity contribution in [2.45, 2.75) is 25.4 Å².